The van der Waals surface area contributed by atoms with Crippen molar-refractivity contribution >= 4 is 13.4 Å². The highest BCUT2D eigenvalue weighted by atomic mass is 31.2. The predicted molar refractivity (Wildman–Crippen MR) is 33.7 cm³/mol. The highest BCUT2D eigenvalue weighted by Gasteiger charge is 2.54. The molecule has 0 aromatic carbocycles. The van der Waals surface area contributed by atoms with Gasteiger partial charge in [0, 0.05) is 6.42 Å². The minimum atomic E-state index is -5.75. The van der Waals surface area contributed by atoms with E-state index in [1.54, 1.807) is 0 Å². The SMILES string of the molecule is O=C(CCO)C(F)(F)P(=O)(O)O. The van der Waals surface area contributed by atoms with E-state index in [0.717, 1.165) is 0 Å². The largest absolute Gasteiger partial charge is 0.402 e. The van der Waals surface area contributed by atoms with Crippen molar-refractivity contribution in [3.05, 3.63) is 0 Å². The maximum absolute atomic E-state index is 12.3. The van der Waals surface area contributed by atoms with Crippen molar-refractivity contribution < 1.29 is 33.0 Å². The molecule has 72 valence electrons. The zero-order valence-electron chi connectivity index (χ0n) is 5.78. The van der Waals surface area contributed by atoms with Crippen LogP contribution in [0.15, 0.2) is 0 Å². The second kappa shape index (κ2) is 3.57. The first-order valence-electron chi connectivity index (χ1n) is 2.81. The van der Waals surface area contributed by atoms with Crippen LogP contribution < -0.4 is 0 Å². The molecular weight excluding hydrogens is 197 g/mol. The summed E-state index contributed by atoms with van der Waals surface area (Å²) in [4.78, 5) is 26.3. The summed E-state index contributed by atoms with van der Waals surface area (Å²) in [5.74, 6) is -1.96. The number of rotatable bonds is 4. The van der Waals surface area contributed by atoms with E-state index in [-0.39, 0.29) is 0 Å². The van der Waals surface area contributed by atoms with Crippen LogP contribution in [0.25, 0.3) is 0 Å². The van der Waals surface area contributed by atoms with Gasteiger partial charge in [-0.15, -0.1) is 0 Å². The van der Waals surface area contributed by atoms with E-state index in [0.29, 0.717) is 0 Å². The molecule has 0 rings (SSSR count). The maximum Gasteiger partial charge on any atom is 0.402 e. The van der Waals surface area contributed by atoms with E-state index in [4.69, 9.17) is 14.9 Å². The van der Waals surface area contributed by atoms with Gasteiger partial charge in [0.15, 0.2) is 0 Å². The fourth-order valence-corrected chi connectivity index (χ4v) is 0.851. The summed E-state index contributed by atoms with van der Waals surface area (Å²) in [5.41, 5.74) is -4.68. The van der Waals surface area contributed by atoms with Crippen molar-refractivity contribution in [1.82, 2.24) is 0 Å². The van der Waals surface area contributed by atoms with Crippen molar-refractivity contribution in [3.63, 3.8) is 0 Å². The first-order chi connectivity index (χ1) is 5.23. The second-order valence-corrected chi connectivity index (χ2v) is 3.63. The summed E-state index contributed by atoms with van der Waals surface area (Å²) in [5, 5.41) is 8.06. The lowest BCUT2D eigenvalue weighted by molar-refractivity contribution is -0.135. The molecule has 5 nitrogen and oxygen atoms in total. The van der Waals surface area contributed by atoms with E-state index in [1.807, 2.05) is 0 Å². The predicted octanol–water partition coefficient (Wildman–Crippen LogP) is -0.292. The lowest BCUT2D eigenvalue weighted by atomic mass is 10.3. The van der Waals surface area contributed by atoms with E-state index in [9.17, 15) is 18.1 Å². The van der Waals surface area contributed by atoms with Gasteiger partial charge in [-0.1, -0.05) is 0 Å². The molecule has 0 aliphatic rings. The lowest BCUT2D eigenvalue weighted by Gasteiger charge is -2.14. The van der Waals surface area contributed by atoms with Crippen LogP contribution in [-0.2, 0) is 9.36 Å². The summed E-state index contributed by atoms with van der Waals surface area (Å²) in [6.07, 6.45) is -0.974. The summed E-state index contributed by atoms with van der Waals surface area (Å²) < 4.78 is 34.6. The van der Waals surface area contributed by atoms with E-state index in [2.05, 4.69) is 0 Å². The van der Waals surface area contributed by atoms with Crippen LogP contribution in [0, 0.1) is 0 Å². The number of hydrogen-bond acceptors (Lipinski definition) is 3. The molecule has 0 fully saturated rings. The molecule has 0 saturated carbocycles. The fourth-order valence-electron chi connectivity index (χ4n) is 0.414. The Kier molecular flexibility index (Phi) is 3.46. The number of Topliss-reactive ketones (excluding diaryl/α,β-unsaturated/α-hetero) is 1. The van der Waals surface area contributed by atoms with Crippen molar-refractivity contribution in [2.75, 3.05) is 6.61 Å². The standard InChI is InChI=1S/C4H7F2O5P/c5-4(6,12(9,10)11)3(8)1-2-7/h7H,1-2H2,(H2,9,10,11). The molecule has 0 heterocycles. The Hall–Kier alpha value is -0.360. The molecule has 0 bridgehead atoms. The van der Waals surface area contributed by atoms with Crippen LogP contribution >= 0.6 is 7.60 Å². The van der Waals surface area contributed by atoms with Crippen molar-refractivity contribution in [2.24, 2.45) is 0 Å². The van der Waals surface area contributed by atoms with Crippen molar-refractivity contribution in [2.45, 2.75) is 12.1 Å². The number of hydrogen-bond donors (Lipinski definition) is 3. The molecule has 0 radical (unpaired) electrons. The number of halogens is 2. The van der Waals surface area contributed by atoms with Gasteiger partial charge in [0.1, 0.15) is 0 Å². The molecule has 8 heteroatoms. The molecular formula is C4H7F2O5P. The molecule has 0 aliphatic carbocycles. The number of ketones is 1. The second-order valence-electron chi connectivity index (χ2n) is 1.98. The van der Waals surface area contributed by atoms with Gasteiger partial charge >= 0.3 is 13.3 Å². The molecule has 3 N–H and O–H groups in total. The van der Waals surface area contributed by atoms with Gasteiger partial charge in [-0.3, -0.25) is 9.36 Å². The Morgan fingerprint density at radius 3 is 2.08 bits per heavy atom. The maximum atomic E-state index is 12.3. The average molecular weight is 204 g/mol. The van der Waals surface area contributed by atoms with Crippen LogP contribution in [-0.4, -0.2) is 32.9 Å². The Balaban J connectivity index is 4.62. The van der Waals surface area contributed by atoms with Crippen LogP contribution in [0.2, 0.25) is 0 Å². The van der Waals surface area contributed by atoms with Crippen molar-refractivity contribution in [3.8, 4) is 0 Å². The molecule has 12 heavy (non-hydrogen) atoms. The average Bonchev–Trinajstić information content (AvgIpc) is 1.85. The van der Waals surface area contributed by atoms with Crippen LogP contribution in [0.1, 0.15) is 6.42 Å². The Bertz CT molecular complexity index is 221. The Morgan fingerprint density at radius 2 is 1.83 bits per heavy atom. The lowest BCUT2D eigenvalue weighted by Crippen LogP contribution is -2.29. The molecule has 0 amide bonds. The van der Waals surface area contributed by atoms with Crippen LogP contribution in [0.5, 0.6) is 0 Å². The van der Waals surface area contributed by atoms with Crippen molar-refractivity contribution in [1.29, 1.82) is 0 Å². The highest BCUT2D eigenvalue weighted by molar-refractivity contribution is 7.54. The minimum absolute atomic E-state index is 0.867. The number of carbonyl (C=O) groups excluding carboxylic acids is 1. The summed E-state index contributed by atoms with van der Waals surface area (Å²) >= 11 is 0. The molecule has 0 aromatic rings. The Labute approximate surface area is 66.2 Å². The van der Waals surface area contributed by atoms with E-state index in [1.165, 1.54) is 0 Å². The quantitative estimate of drug-likeness (QED) is 0.547. The van der Waals surface area contributed by atoms with E-state index >= 15 is 0 Å². The number of aliphatic hydroxyl groups is 1. The van der Waals surface area contributed by atoms with Gasteiger partial charge in [0.05, 0.1) is 6.61 Å². The number of alkyl halides is 2. The van der Waals surface area contributed by atoms with Crippen LogP contribution in [0.3, 0.4) is 0 Å². The molecule has 0 aromatic heterocycles. The fraction of sp³-hybridized carbons (Fsp3) is 0.750. The third-order valence-corrected chi connectivity index (χ3v) is 2.02. The molecule has 0 unspecified atom stereocenters. The van der Waals surface area contributed by atoms with Gasteiger partial charge in [0.2, 0.25) is 5.78 Å². The summed E-state index contributed by atoms with van der Waals surface area (Å²) in [6, 6.07) is 0. The normalized spacial score (nSPS) is 13.1. The third kappa shape index (κ3) is 2.31. The van der Waals surface area contributed by atoms with Gasteiger partial charge < -0.3 is 14.9 Å². The topological polar surface area (TPSA) is 94.8 Å². The Morgan fingerprint density at radius 1 is 1.42 bits per heavy atom. The number of aliphatic hydroxyl groups excluding tert-OH is 1. The monoisotopic (exact) mass is 204 g/mol. The smallest absolute Gasteiger partial charge is 0.396 e. The molecule has 0 aliphatic heterocycles. The molecule has 0 atom stereocenters. The van der Waals surface area contributed by atoms with Gasteiger partial charge in [-0.05, 0) is 0 Å². The van der Waals surface area contributed by atoms with Crippen LogP contribution in [0.4, 0.5) is 8.78 Å². The molecule has 0 saturated heterocycles. The van der Waals surface area contributed by atoms with Gasteiger partial charge in [-0.25, -0.2) is 0 Å². The summed E-state index contributed by atoms with van der Waals surface area (Å²) in [7, 11) is -5.75. The van der Waals surface area contributed by atoms with E-state index < -0.39 is 32.1 Å². The first-order valence-corrected chi connectivity index (χ1v) is 4.42. The first kappa shape index (κ1) is 11.6. The van der Waals surface area contributed by atoms with Gasteiger partial charge in [-0.2, -0.15) is 8.78 Å². The minimum Gasteiger partial charge on any atom is -0.396 e. The number of carbonyl (C=O) groups is 1. The molecule has 0 spiro atoms. The third-order valence-electron chi connectivity index (χ3n) is 1.04. The van der Waals surface area contributed by atoms with Gasteiger partial charge in [0.25, 0.3) is 0 Å². The highest BCUT2D eigenvalue weighted by Crippen LogP contribution is 2.53. The zero-order valence-corrected chi connectivity index (χ0v) is 6.67. The summed E-state index contributed by atoms with van der Waals surface area (Å²) in [6.45, 7) is -0.867. The zero-order chi connectivity index (χ0) is 9.99.